The highest BCUT2D eigenvalue weighted by molar-refractivity contribution is 5.88. The zero-order valence-corrected chi connectivity index (χ0v) is 11.6. The third-order valence-electron chi connectivity index (χ3n) is 3.36. The maximum Gasteiger partial charge on any atom is 0.320 e. The van der Waals surface area contributed by atoms with Crippen molar-refractivity contribution in [3.8, 4) is 0 Å². The van der Waals surface area contributed by atoms with E-state index in [-0.39, 0.29) is 5.91 Å². The Morgan fingerprint density at radius 2 is 2.10 bits per heavy atom. The number of fused-ring (bicyclic) bond motifs is 1. The third-order valence-corrected chi connectivity index (χ3v) is 3.36. The van der Waals surface area contributed by atoms with Crippen LogP contribution < -0.4 is 11.1 Å². The molecule has 0 aliphatic carbocycles. The molecule has 0 bridgehead atoms. The molecule has 0 radical (unpaired) electrons. The second-order valence-corrected chi connectivity index (χ2v) is 4.97. The van der Waals surface area contributed by atoms with E-state index in [2.05, 4.69) is 10.3 Å². The number of carbonyl (C=O) groups excluding carboxylic acids is 1. The summed E-state index contributed by atoms with van der Waals surface area (Å²) in [4.78, 5) is 25.5. The minimum atomic E-state index is -1.01. The molecule has 1 aromatic heterocycles. The Labute approximate surface area is 122 Å². The number of nitrogens with one attached hydrogen (secondary N) is 2. The van der Waals surface area contributed by atoms with Gasteiger partial charge in [0.05, 0.1) is 6.42 Å². The first-order valence-corrected chi connectivity index (χ1v) is 6.88. The third kappa shape index (κ3) is 4.06. The Morgan fingerprint density at radius 3 is 2.86 bits per heavy atom. The average molecular weight is 289 g/mol. The molecular weight excluding hydrogens is 270 g/mol. The Bertz CT molecular complexity index is 636. The fraction of sp³-hybridized carbons (Fsp3) is 0.333. The summed E-state index contributed by atoms with van der Waals surface area (Å²) in [6, 6.07) is 6.94. The molecule has 0 spiro atoms. The lowest BCUT2D eigenvalue weighted by atomic mass is 10.1. The summed E-state index contributed by atoms with van der Waals surface area (Å²) in [7, 11) is 0. The number of carboxylic acid groups (broad SMARTS) is 1. The fourth-order valence-corrected chi connectivity index (χ4v) is 2.19. The molecule has 1 atom stereocenters. The summed E-state index contributed by atoms with van der Waals surface area (Å²) in [5, 5.41) is 12.5. The van der Waals surface area contributed by atoms with E-state index in [1.165, 1.54) is 0 Å². The van der Waals surface area contributed by atoms with E-state index in [9.17, 15) is 9.59 Å². The summed E-state index contributed by atoms with van der Waals surface area (Å²) in [6.07, 6.45) is 3.04. The van der Waals surface area contributed by atoms with Gasteiger partial charge >= 0.3 is 5.97 Å². The van der Waals surface area contributed by atoms with Crippen molar-refractivity contribution in [1.82, 2.24) is 10.3 Å². The quantitative estimate of drug-likeness (QED) is 0.571. The normalized spacial score (nSPS) is 12.2. The Morgan fingerprint density at radius 1 is 1.33 bits per heavy atom. The maximum atomic E-state index is 11.9. The number of aliphatic carboxylic acids is 1. The van der Waals surface area contributed by atoms with Gasteiger partial charge in [-0.15, -0.1) is 0 Å². The number of hydrogen-bond acceptors (Lipinski definition) is 3. The molecule has 0 fully saturated rings. The first kappa shape index (κ1) is 15.1. The predicted octanol–water partition coefficient (Wildman–Crippen LogP) is 1.02. The van der Waals surface area contributed by atoms with Crippen molar-refractivity contribution in [2.24, 2.45) is 5.73 Å². The molecule has 0 unspecified atom stereocenters. The highest BCUT2D eigenvalue weighted by Gasteiger charge is 2.11. The van der Waals surface area contributed by atoms with Crippen LogP contribution in [0.2, 0.25) is 0 Å². The van der Waals surface area contributed by atoms with E-state index < -0.39 is 12.0 Å². The molecule has 0 aliphatic heterocycles. The van der Waals surface area contributed by atoms with Gasteiger partial charge in [0.1, 0.15) is 6.04 Å². The number of H-pyrrole nitrogens is 1. The van der Waals surface area contributed by atoms with Gasteiger partial charge < -0.3 is 21.1 Å². The maximum absolute atomic E-state index is 11.9. The standard InChI is InChI=1S/C15H19N3O3/c16-12(15(20)21)5-3-7-17-14(19)8-10-9-18-13-6-2-1-4-11(10)13/h1-2,4,6,9,12,18H,3,5,7-8,16H2,(H,17,19)(H,20,21)/t12-/m0/s1. The molecule has 1 amide bonds. The predicted molar refractivity (Wildman–Crippen MR) is 79.9 cm³/mol. The van der Waals surface area contributed by atoms with Crippen LogP contribution in [0, 0.1) is 0 Å². The zero-order chi connectivity index (χ0) is 15.2. The number of carbonyl (C=O) groups is 2. The second-order valence-electron chi connectivity index (χ2n) is 4.97. The molecule has 0 saturated carbocycles. The van der Waals surface area contributed by atoms with Gasteiger partial charge in [-0.05, 0) is 24.5 Å². The number of nitrogens with two attached hydrogens (primary N) is 1. The number of aromatic amines is 1. The van der Waals surface area contributed by atoms with E-state index in [1.807, 2.05) is 30.5 Å². The van der Waals surface area contributed by atoms with Crippen molar-refractivity contribution >= 4 is 22.8 Å². The Balaban J connectivity index is 1.78. The lowest BCUT2D eigenvalue weighted by Gasteiger charge is -2.07. The van der Waals surface area contributed by atoms with Crippen molar-refractivity contribution in [2.45, 2.75) is 25.3 Å². The van der Waals surface area contributed by atoms with Crippen molar-refractivity contribution in [1.29, 1.82) is 0 Å². The monoisotopic (exact) mass is 289 g/mol. The van der Waals surface area contributed by atoms with Gasteiger partial charge in [0.25, 0.3) is 0 Å². The van der Waals surface area contributed by atoms with E-state index in [0.29, 0.717) is 25.8 Å². The van der Waals surface area contributed by atoms with Crippen LogP contribution in [0.15, 0.2) is 30.5 Å². The minimum Gasteiger partial charge on any atom is -0.480 e. The Kier molecular flexibility index (Phi) is 4.94. The largest absolute Gasteiger partial charge is 0.480 e. The Hall–Kier alpha value is -2.34. The summed E-state index contributed by atoms with van der Waals surface area (Å²) < 4.78 is 0. The number of carboxylic acids is 1. The average Bonchev–Trinajstić information content (AvgIpc) is 2.86. The van der Waals surface area contributed by atoms with Crippen molar-refractivity contribution < 1.29 is 14.7 Å². The van der Waals surface area contributed by atoms with Gasteiger partial charge in [0.2, 0.25) is 5.91 Å². The van der Waals surface area contributed by atoms with Crippen molar-refractivity contribution in [3.05, 3.63) is 36.0 Å². The highest BCUT2D eigenvalue weighted by Crippen LogP contribution is 2.17. The zero-order valence-electron chi connectivity index (χ0n) is 11.6. The van der Waals surface area contributed by atoms with Crippen LogP contribution in [0.25, 0.3) is 10.9 Å². The number of aromatic nitrogens is 1. The van der Waals surface area contributed by atoms with Crippen LogP contribution in [0.5, 0.6) is 0 Å². The van der Waals surface area contributed by atoms with Gasteiger partial charge in [-0.1, -0.05) is 18.2 Å². The second kappa shape index (κ2) is 6.90. The summed E-state index contributed by atoms with van der Waals surface area (Å²) in [5.41, 5.74) is 7.35. The first-order valence-electron chi connectivity index (χ1n) is 6.88. The van der Waals surface area contributed by atoms with E-state index in [1.54, 1.807) is 0 Å². The number of rotatable bonds is 7. The van der Waals surface area contributed by atoms with Gasteiger partial charge in [-0.2, -0.15) is 0 Å². The van der Waals surface area contributed by atoms with E-state index in [4.69, 9.17) is 10.8 Å². The molecule has 6 nitrogen and oxygen atoms in total. The van der Waals surface area contributed by atoms with E-state index in [0.717, 1.165) is 16.5 Å². The summed E-state index contributed by atoms with van der Waals surface area (Å²) in [5.74, 6) is -1.09. The number of hydrogen-bond donors (Lipinski definition) is 4. The van der Waals surface area contributed by atoms with Gasteiger partial charge in [-0.25, -0.2) is 0 Å². The van der Waals surface area contributed by atoms with Crippen LogP contribution in [0.4, 0.5) is 0 Å². The van der Waals surface area contributed by atoms with Gasteiger partial charge in [0, 0.05) is 23.6 Å². The van der Waals surface area contributed by atoms with E-state index >= 15 is 0 Å². The molecule has 1 aromatic carbocycles. The molecule has 2 aromatic rings. The smallest absolute Gasteiger partial charge is 0.320 e. The number of amides is 1. The summed E-state index contributed by atoms with van der Waals surface area (Å²) >= 11 is 0. The molecule has 2 rings (SSSR count). The molecule has 6 heteroatoms. The molecule has 1 heterocycles. The van der Waals surface area contributed by atoms with Crippen LogP contribution >= 0.6 is 0 Å². The number of para-hydroxylation sites is 1. The van der Waals surface area contributed by atoms with Crippen LogP contribution in [0.1, 0.15) is 18.4 Å². The molecule has 21 heavy (non-hydrogen) atoms. The van der Waals surface area contributed by atoms with Crippen molar-refractivity contribution in [3.63, 3.8) is 0 Å². The first-order chi connectivity index (χ1) is 10.1. The lowest BCUT2D eigenvalue weighted by molar-refractivity contribution is -0.138. The van der Waals surface area contributed by atoms with Crippen LogP contribution in [0.3, 0.4) is 0 Å². The molecule has 0 saturated heterocycles. The summed E-state index contributed by atoms with van der Waals surface area (Å²) in [6.45, 7) is 0.433. The minimum absolute atomic E-state index is 0.0800. The topological polar surface area (TPSA) is 108 Å². The van der Waals surface area contributed by atoms with Crippen molar-refractivity contribution in [2.75, 3.05) is 6.54 Å². The van der Waals surface area contributed by atoms with Crippen LogP contribution in [-0.2, 0) is 16.0 Å². The SMILES string of the molecule is N[C@@H](CCCNC(=O)Cc1c[nH]c2ccccc12)C(=O)O. The van der Waals surface area contributed by atoms with Crippen LogP contribution in [-0.4, -0.2) is 34.6 Å². The van der Waals surface area contributed by atoms with Gasteiger partial charge in [-0.3, -0.25) is 9.59 Å². The fourth-order valence-electron chi connectivity index (χ4n) is 2.19. The molecule has 0 aliphatic rings. The number of benzene rings is 1. The molecular formula is C15H19N3O3. The van der Waals surface area contributed by atoms with Gasteiger partial charge in [0.15, 0.2) is 0 Å². The molecule has 5 N–H and O–H groups in total. The lowest BCUT2D eigenvalue weighted by Crippen LogP contribution is -2.32. The highest BCUT2D eigenvalue weighted by atomic mass is 16.4. The molecule has 112 valence electrons.